The van der Waals surface area contributed by atoms with Crippen LogP contribution in [0.15, 0.2) is 147 Å². The summed E-state index contributed by atoms with van der Waals surface area (Å²) in [6, 6.07) is 39.7. The molecule has 0 bridgehead atoms. The molecule has 2 aromatic heterocycles. The van der Waals surface area contributed by atoms with Gasteiger partial charge in [0.15, 0.2) is 0 Å². The van der Waals surface area contributed by atoms with Crippen molar-refractivity contribution in [1.82, 2.24) is 19.9 Å². The van der Waals surface area contributed by atoms with Crippen molar-refractivity contribution < 1.29 is 24.1 Å². The van der Waals surface area contributed by atoms with Crippen molar-refractivity contribution in [1.29, 1.82) is 0 Å². The van der Waals surface area contributed by atoms with E-state index in [0.29, 0.717) is 23.5 Å². The second kappa shape index (κ2) is 15.8. The fourth-order valence-electron chi connectivity index (χ4n) is 7.06. The van der Waals surface area contributed by atoms with Crippen molar-refractivity contribution >= 4 is 11.0 Å². The molecule has 4 aromatic carbocycles. The van der Waals surface area contributed by atoms with Gasteiger partial charge in [-0.05, 0) is 22.3 Å². The van der Waals surface area contributed by atoms with E-state index in [-0.39, 0.29) is 19.9 Å². The number of aliphatic hydroxyl groups excluding tert-OH is 1. The van der Waals surface area contributed by atoms with E-state index < -0.39 is 29.9 Å². The van der Waals surface area contributed by atoms with E-state index in [1.165, 1.54) is 6.33 Å². The van der Waals surface area contributed by atoms with Crippen LogP contribution in [0.1, 0.15) is 33.9 Å². The Bertz CT molecular complexity index is 1910. The number of hydrogen-bond donors (Lipinski definition) is 2. The first-order valence-corrected chi connectivity index (χ1v) is 17.1. The lowest BCUT2D eigenvalue weighted by Crippen LogP contribution is -2.42. The minimum atomic E-state index is -0.951. The van der Waals surface area contributed by atoms with E-state index in [1.54, 1.807) is 13.2 Å². The van der Waals surface area contributed by atoms with Gasteiger partial charge in [0.05, 0.1) is 45.1 Å². The van der Waals surface area contributed by atoms with E-state index in [1.807, 2.05) is 95.7 Å². The summed E-state index contributed by atoms with van der Waals surface area (Å²) in [6.45, 7) is 4.96. The second-order valence-corrected chi connectivity index (χ2v) is 12.5. The summed E-state index contributed by atoms with van der Waals surface area (Å²) in [6.07, 6.45) is 3.59. The van der Waals surface area contributed by atoms with Crippen LogP contribution in [0.4, 0.5) is 0 Å². The molecule has 3 heterocycles. The van der Waals surface area contributed by atoms with Gasteiger partial charge >= 0.3 is 0 Å². The number of aliphatic hydroxyl groups is 1. The summed E-state index contributed by atoms with van der Waals surface area (Å²) in [5.41, 5.74) is 5.25. The maximum Gasteiger partial charge on any atom is 0.241 e. The summed E-state index contributed by atoms with van der Waals surface area (Å²) < 4.78 is 27.2. The highest BCUT2D eigenvalue weighted by atomic mass is 16.5. The first-order valence-electron chi connectivity index (χ1n) is 17.1. The molecule has 2 N–H and O–H groups in total. The van der Waals surface area contributed by atoms with Crippen molar-refractivity contribution in [3.63, 3.8) is 0 Å². The first-order chi connectivity index (χ1) is 25.1. The molecule has 4 atom stereocenters. The van der Waals surface area contributed by atoms with Crippen LogP contribution >= 0.6 is 0 Å². The zero-order valence-corrected chi connectivity index (χ0v) is 28.5. The monoisotopic (exact) mass is 682 g/mol. The van der Waals surface area contributed by atoms with Gasteiger partial charge in [0.25, 0.3) is 0 Å². The fourth-order valence-corrected chi connectivity index (χ4v) is 7.06. The molecule has 1 aliphatic rings. The molecule has 1 aliphatic heterocycles. The van der Waals surface area contributed by atoms with Gasteiger partial charge in [-0.1, -0.05) is 127 Å². The number of methoxy groups -OCH3 is 1. The third-order valence-corrected chi connectivity index (χ3v) is 9.41. The van der Waals surface area contributed by atoms with Gasteiger partial charge in [-0.25, -0.2) is 4.98 Å². The molecule has 0 radical (unpaired) electrons. The van der Waals surface area contributed by atoms with Crippen LogP contribution in [0.25, 0.3) is 11.0 Å². The molecule has 0 aliphatic carbocycles. The van der Waals surface area contributed by atoms with Crippen LogP contribution in [0, 0.1) is 0 Å². The SMILES string of the molecule is C=CCO[C@@H]1[C@H](O)[C@@H](COC(c2ccccc2)(c2ccccc2)c2ccccc2)N[C@H]1c1cn(COCc2ccccc2)c2c(OC)ncnc12. The van der Waals surface area contributed by atoms with Gasteiger partial charge in [0.2, 0.25) is 5.88 Å². The van der Waals surface area contributed by atoms with Crippen molar-refractivity contribution in [2.45, 2.75) is 43.2 Å². The largest absolute Gasteiger partial charge is 0.479 e. The van der Waals surface area contributed by atoms with Crippen LogP contribution in [0.2, 0.25) is 0 Å². The standard InChI is InChI=1S/C42H42N4O5/c1-3-24-50-40-37(34-25-46(29-49-26-30-16-8-4-9-17-30)38-36(34)43-28-44-41(38)48-2)45-35(39(40)47)27-51-42(31-18-10-5-11-19-31,32-20-12-6-13-21-32)33-22-14-7-15-23-33/h3-23,25,28,35,37,39-40,45,47H,1,24,26-27,29H2,2H3/t35-,37+,39-,40+/m1/s1. The lowest BCUT2D eigenvalue weighted by molar-refractivity contribution is -0.0464. The average molecular weight is 683 g/mol. The number of aromatic nitrogens is 3. The first kappa shape index (κ1) is 34.3. The normalized spacial score (nSPS) is 18.9. The molecule has 6 aromatic rings. The van der Waals surface area contributed by atoms with Crippen LogP contribution < -0.4 is 10.1 Å². The Hall–Kier alpha value is -5.16. The molecule has 0 unspecified atom stereocenters. The van der Waals surface area contributed by atoms with E-state index >= 15 is 0 Å². The molecule has 0 amide bonds. The van der Waals surface area contributed by atoms with E-state index in [0.717, 1.165) is 27.8 Å². The summed E-state index contributed by atoms with van der Waals surface area (Å²) in [5, 5.41) is 15.7. The van der Waals surface area contributed by atoms with E-state index in [4.69, 9.17) is 23.9 Å². The maximum atomic E-state index is 12.0. The molecule has 260 valence electrons. The Morgan fingerprint density at radius 3 is 2.00 bits per heavy atom. The zero-order valence-electron chi connectivity index (χ0n) is 28.5. The van der Waals surface area contributed by atoms with Gasteiger partial charge in [-0.3, -0.25) is 0 Å². The third kappa shape index (κ3) is 6.95. The van der Waals surface area contributed by atoms with Crippen LogP contribution in [-0.2, 0) is 33.1 Å². The third-order valence-electron chi connectivity index (χ3n) is 9.41. The Labute approximate surface area is 298 Å². The lowest BCUT2D eigenvalue weighted by atomic mass is 9.80. The number of fused-ring (bicyclic) bond motifs is 1. The predicted molar refractivity (Wildman–Crippen MR) is 196 cm³/mol. The molecule has 1 fully saturated rings. The minimum Gasteiger partial charge on any atom is -0.479 e. The second-order valence-electron chi connectivity index (χ2n) is 12.5. The molecule has 0 saturated carbocycles. The van der Waals surface area contributed by atoms with Crippen molar-refractivity contribution in [3.8, 4) is 5.88 Å². The smallest absolute Gasteiger partial charge is 0.241 e. The topological polar surface area (TPSA) is 99.9 Å². The number of hydrogen-bond acceptors (Lipinski definition) is 8. The van der Waals surface area contributed by atoms with Gasteiger partial charge in [0.1, 0.15) is 35.8 Å². The Balaban J connectivity index is 1.23. The van der Waals surface area contributed by atoms with Crippen LogP contribution in [0.3, 0.4) is 0 Å². The number of benzene rings is 4. The number of nitrogens with one attached hydrogen (secondary N) is 1. The number of ether oxygens (including phenoxy) is 4. The Morgan fingerprint density at radius 2 is 1.43 bits per heavy atom. The highest BCUT2D eigenvalue weighted by Gasteiger charge is 2.47. The minimum absolute atomic E-state index is 0.168. The molecule has 1 saturated heterocycles. The molecular weight excluding hydrogens is 640 g/mol. The van der Waals surface area contributed by atoms with Gasteiger partial charge in [-0.2, -0.15) is 4.98 Å². The summed E-state index contributed by atoms with van der Waals surface area (Å²) in [7, 11) is 1.59. The molecule has 51 heavy (non-hydrogen) atoms. The summed E-state index contributed by atoms with van der Waals surface area (Å²) >= 11 is 0. The fraction of sp³-hybridized carbons (Fsp3) is 0.238. The van der Waals surface area contributed by atoms with E-state index in [9.17, 15) is 5.11 Å². The molecule has 9 heteroatoms. The van der Waals surface area contributed by atoms with Crippen molar-refractivity contribution in [3.05, 3.63) is 174 Å². The molecule has 7 rings (SSSR count). The van der Waals surface area contributed by atoms with Gasteiger partial charge in [-0.15, -0.1) is 6.58 Å². The molecule has 0 spiro atoms. The molecule has 9 nitrogen and oxygen atoms in total. The highest BCUT2D eigenvalue weighted by Crippen LogP contribution is 2.42. The van der Waals surface area contributed by atoms with Crippen molar-refractivity contribution in [2.75, 3.05) is 20.3 Å². The summed E-state index contributed by atoms with van der Waals surface area (Å²) in [4.78, 5) is 9.08. The van der Waals surface area contributed by atoms with E-state index in [2.05, 4.69) is 53.3 Å². The number of nitrogens with zero attached hydrogens (tertiary/aromatic N) is 3. The van der Waals surface area contributed by atoms with Gasteiger partial charge in [0, 0.05) is 11.8 Å². The predicted octanol–water partition coefficient (Wildman–Crippen LogP) is 6.57. The zero-order chi connectivity index (χ0) is 35.0. The highest BCUT2D eigenvalue weighted by molar-refractivity contribution is 5.84. The van der Waals surface area contributed by atoms with Crippen LogP contribution in [0.5, 0.6) is 5.88 Å². The van der Waals surface area contributed by atoms with Crippen LogP contribution in [-0.4, -0.2) is 58.2 Å². The van der Waals surface area contributed by atoms with Gasteiger partial charge < -0.3 is 33.9 Å². The Morgan fingerprint density at radius 1 is 0.843 bits per heavy atom. The quantitative estimate of drug-likeness (QED) is 0.0928. The lowest BCUT2D eigenvalue weighted by Gasteiger charge is -2.37. The maximum absolute atomic E-state index is 12.0. The van der Waals surface area contributed by atoms with Crippen molar-refractivity contribution in [2.24, 2.45) is 0 Å². The average Bonchev–Trinajstić information content (AvgIpc) is 3.72. The Kier molecular flexibility index (Phi) is 10.6. The molecular formula is C42H42N4O5. The summed E-state index contributed by atoms with van der Waals surface area (Å²) in [5.74, 6) is 0.426. The number of rotatable bonds is 15.